The van der Waals surface area contributed by atoms with E-state index in [0.717, 1.165) is 0 Å². The maximum absolute atomic E-state index is 12.7. The number of aromatic nitrogens is 2. The third kappa shape index (κ3) is 2.69. The van der Waals surface area contributed by atoms with E-state index in [0.29, 0.717) is 5.56 Å². The van der Waals surface area contributed by atoms with Crippen molar-refractivity contribution in [1.29, 1.82) is 0 Å². The molecule has 1 aromatic carbocycles. The molecule has 2 aromatic rings. The van der Waals surface area contributed by atoms with E-state index in [1.54, 1.807) is 0 Å². The molecule has 1 aromatic heterocycles. The highest BCUT2D eigenvalue weighted by atomic mass is 19.1. The standard InChI is InChI=1S/C11H10FN3O3/c12-9-3-1-8(2-4-9)10(16)7-14-6-5-11(13-14)15(17)18/h1-6,10,16H,7H2. The molecule has 2 rings (SSSR count). The number of nitrogens with zero attached hydrogens (tertiary/aromatic N) is 3. The van der Waals surface area contributed by atoms with Crippen molar-refractivity contribution in [3.05, 3.63) is 58.0 Å². The number of aliphatic hydroxyl groups is 1. The zero-order valence-corrected chi connectivity index (χ0v) is 9.23. The largest absolute Gasteiger partial charge is 0.389 e. The minimum atomic E-state index is -0.898. The molecule has 6 nitrogen and oxygen atoms in total. The molecule has 0 radical (unpaired) electrons. The van der Waals surface area contributed by atoms with Gasteiger partial charge in [0.2, 0.25) is 0 Å². The molecular formula is C11H10FN3O3. The smallest absolute Gasteiger partial charge is 0.386 e. The highest BCUT2D eigenvalue weighted by molar-refractivity contribution is 5.19. The molecule has 0 fully saturated rings. The summed E-state index contributed by atoms with van der Waals surface area (Å²) in [6.07, 6.45) is 0.510. The Morgan fingerprint density at radius 1 is 1.39 bits per heavy atom. The van der Waals surface area contributed by atoms with Crippen molar-refractivity contribution in [3.8, 4) is 0 Å². The van der Waals surface area contributed by atoms with Gasteiger partial charge in [-0.1, -0.05) is 12.1 Å². The normalized spacial score (nSPS) is 12.3. The summed E-state index contributed by atoms with van der Waals surface area (Å²) in [6.45, 7) is 0.0689. The van der Waals surface area contributed by atoms with Crippen molar-refractivity contribution >= 4 is 5.82 Å². The molecule has 0 aliphatic carbocycles. The third-order valence-electron chi connectivity index (χ3n) is 2.43. The molecular weight excluding hydrogens is 241 g/mol. The van der Waals surface area contributed by atoms with Gasteiger partial charge in [-0.3, -0.25) is 0 Å². The number of hydrogen-bond donors (Lipinski definition) is 1. The van der Waals surface area contributed by atoms with Crippen molar-refractivity contribution in [2.45, 2.75) is 12.6 Å². The van der Waals surface area contributed by atoms with Gasteiger partial charge in [0.05, 0.1) is 23.9 Å². The van der Waals surface area contributed by atoms with E-state index in [-0.39, 0.29) is 18.2 Å². The first-order valence-electron chi connectivity index (χ1n) is 5.17. The third-order valence-corrected chi connectivity index (χ3v) is 2.43. The van der Waals surface area contributed by atoms with Gasteiger partial charge in [-0.05, 0) is 22.6 Å². The lowest BCUT2D eigenvalue weighted by atomic mass is 10.1. The van der Waals surface area contributed by atoms with E-state index in [1.807, 2.05) is 0 Å². The fourth-order valence-corrected chi connectivity index (χ4v) is 1.52. The quantitative estimate of drug-likeness (QED) is 0.661. The zero-order chi connectivity index (χ0) is 13.1. The SMILES string of the molecule is O=[N+]([O-])c1ccn(CC(O)c2ccc(F)cc2)n1. The van der Waals surface area contributed by atoms with Crippen LogP contribution in [0.1, 0.15) is 11.7 Å². The summed E-state index contributed by atoms with van der Waals surface area (Å²) in [5.41, 5.74) is 0.523. The monoisotopic (exact) mass is 251 g/mol. The molecule has 0 bridgehead atoms. The van der Waals surface area contributed by atoms with Crippen LogP contribution >= 0.6 is 0 Å². The van der Waals surface area contributed by atoms with Gasteiger partial charge in [-0.2, -0.15) is 4.68 Å². The highest BCUT2D eigenvalue weighted by Gasteiger charge is 2.15. The second kappa shape index (κ2) is 4.92. The average molecular weight is 251 g/mol. The molecule has 1 heterocycles. The molecule has 0 amide bonds. The Labute approximate surface area is 101 Å². The van der Waals surface area contributed by atoms with Crippen LogP contribution in [0.3, 0.4) is 0 Å². The number of halogens is 1. The van der Waals surface area contributed by atoms with Gasteiger partial charge in [0.1, 0.15) is 11.9 Å². The molecule has 0 saturated carbocycles. The first-order valence-corrected chi connectivity index (χ1v) is 5.17. The topological polar surface area (TPSA) is 81.2 Å². The number of nitro groups is 1. The summed E-state index contributed by atoms with van der Waals surface area (Å²) >= 11 is 0. The van der Waals surface area contributed by atoms with Crippen LogP contribution in [0.15, 0.2) is 36.5 Å². The molecule has 0 spiro atoms. The molecule has 0 saturated heterocycles. The van der Waals surface area contributed by atoms with Gasteiger partial charge < -0.3 is 15.2 Å². The number of benzene rings is 1. The van der Waals surface area contributed by atoms with E-state index in [1.165, 1.54) is 41.2 Å². The molecule has 7 heteroatoms. The maximum atomic E-state index is 12.7. The lowest BCUT2D eigenvalue weighted by molar-refractivity contribution is -0.389. The predicted octanol–water partition coefficient (Wildman–Crippen LogP) is 1.66. The Morgan fingerprint density at radius 3 is 2.61 bits per heavy atom. The molecule has 0 aliphatic heterocycles. The Hall–Kier alpha value is -2.28. The Bertz CT molecular complexity index is 553. The first kappa shape index (κ1) is 12.2. The summed E-state index contributed by atoms with van der Waals surface area (Å²) in [4.78, 5) is 9.82. The van der Waals surface area contributed by atoms with Crippen molar-refractivity contribution < 1.29 is 14.4 Å². The van der Waals surface area contributed by atoms with Gasteiger partial charge in [0.15, 0.2) is 0 Å². The minimum Gasteiger partial charge on any atom is -0.386 e. The Balaban J connectivity index is 2.08. The summed E-state index contributed by atoms with van der Waals surface area (Å²) in [5, 5.41) is 24.0. The maximum Gasteiger partial charge on any atom is 0.389 e. The lowest BCUT2D eigenvalue weighted by Crippen LogP contribution is -2.09. The van der Waals surface area contributed by atoms with Crippen LogP contribution in [-0.2, 0) is 6.54 Å². The minimum absolute atomic E-state index is 0.0689. The van der Waals surface area contributed by atoms with Gasteiger partial charge in [0.25, 0.3) is 0 Å². The Kier molecular flexibility index (Phi) is 3.33. The molecule has 18 heavy (non-hydrogen) atoms. The molecule has 1 N–H and O–H groups in total. The van der Waals surface area contributed by atoms with E-state index in [9.17, 15) is 19.6 Å². The summed E-state index contributed by atoms with van der Waals surface area (Å²) in [7, 11) is 0. The van der Waals surface area contributed by atoms with Crippen molar-refractivity contribution in [2.24, 2.45) is 0 Å². The summed E-state index contributed by atoms with van der Waals surface area (Å²) in [6, 6.07) is 6.64. The van der Waals surface area contributed by atoms with E-state index >= 15 is 0 Å². The van der Waals surface area contributed by atoms with Crippen LogP contribution < -0.4 is 0 Å². The van der Waals surface area contributed by atoms with Crippen LogP contribution in [-0.4, -0.2) is 19.8 Å². The van der Waals surface area contributed by atoms with Gasteiger partial charge in [-0.25, -0.2) is 4.39 Å². The number of hydrogen-bond acceptors (Lipinski definition) is 4. The van der Waals surface area contributed by atoms with E-state index in [4.69, 9.17) is 0 Å². The van der Waals surface area contributed by atoms with Crippen LogP contribution in [0.25, 0.3) is 0 Å². The fraction of sp³-hybridized carbons (Fsp3) is 0.182. The van der Waals surface area contributed by atoms with Crippen LogP contribution in [0.5, 0.6) is 0 Å². The van der Waals surface area contributed by atoms with Gasteiger partial charge >= 0.3 is 5.82 Å². The first-order chi connectivity index (χ1) is 8.56. The van der Waals surface area contributed by atoms with Crippen LogP contribution in [0.4, 0.5) is 10.2 Å². The highest BCUT2D eigenvalue weighted by Crippen LogP contribution is 2.16. The summed E-state index contributed by atoms with van der Waals surface area (Å²) < 4.78 is 14.0. The molecule has 0 aliphatic rings. The average Bonchev–Trinajstić information content (AvgIpc) is 2.78. The van der Waals surface area contributed by atoms with Gasteiger partial charge in [0, 0.05) is 0 Å². The van der Waals surface area contributed by atoms with Crippen molar-refractivity contribution in [3.63, 3.8) is 0 Å². The second-order valence-corrected chi connectivity index (χ2v) is 3.72. The van der Waals surface area contributed by atoms with E-state index < -0.39 is 11.0 Å². The van der Waals surface area contributed by atoms with E-state index in [2.05, 4.69) is 5.10 Å². The number of rotatable bonds is 4. The number of aliphatic hydroxyl groups excluding tert-OH is 1. The van der Waals surface area contributed by atoms with Crippen LogP contribution in [0, 0.1) is 15.9 Å². The van der Waals surface area contributed by atoms with Gasteiger partial charge in [-0.15, -0.1) is 0 Å². The molecule has 1 unspecified atom stereocenters. The second-order valence-electron chi connectivity index (χ2n) is 3.72. The predicted molar refractivity (Wildman–Crippen MR) is 60.2 cm³/mol. The van der Waals surface area contributed by atoms with Crippen molar-refractivity contribution in [2.75, 3.05) is 0 Å². The lowest BCUT2D eigenvalue weighted by Gasteiger charge is -2.08. The molecule has 94 valence electrons. The summed E-state index contributed by atoms with van der Waals surface area (Å²) in [5.74, 6) is -0.665. The van der Waals surface area contributed by atoms with Crippen molar-refractivity contribution in [1.82, 2.24) is 9.78 Å². The molecule has 1 atom stereocenters. The fourth-order valence-electron chi connectivity index (χ4n) is 1.52. The Morgan fingerprint density at radius 2 is 2.06 bits per heavy atom. The van der Waals surface area contributed by atoms with Crippen LogP contribution in [0.2, 0.25) is 0 Å². The zero-order valence-electron chi connectivity index (χ0n) is 9.23.